The van der Waals surface area contributed by atoms with E-state index in [1.165, 1.54) is 0 Å². The van der Waals surface area contributed by atoms with Crippen LogP contribution in [0.1, 0.15) is 19.8 Å². The van der Waals surface area contributed by atoms with E-state index >= 15 is 0 Å². The van der Waals surface area contributed by atoms with Crippen LogP contribution in [0.3, 0.4) is 0 Å². The summed E-state index contributed by atoms with van der Waals surface area (Å²) in [7, 11) is -3.20. The fourth-order valence-corrected chi connectivity index (χ4v) is 6.30. The zero-order valence-electron chi connectivity index (χ0n) is 13.6. The minimum atomic E-state index is -3.20. The maximum Gasteiger partial charge on any atom is 0.316 e. The Bertz CT molecular complexity index is 746. The number of aromatic nitrogens is 2. The number of hydrogen-bond acceptors (Lipinski definition) is 6. The molecule has 0 unspecified atom stereocenters. The molecule has 24 heavy (non-hydrogen) atoms. The van der Waals surface area contributed by atoms with Crippen molar-refractivity contribution in [1.29, 1.82) is 0 Å². The lowest BCUT2D eigenvalue weighted by Crippen LogP contribution is -2.69. The molecule has 3 fully saturated rings. The van der Waals surface area contributed by atoms with Gasteiger partial charge in [-0.2, -0.15) is 0 Å². The SMILES string of the molecule is C[C@@H]1C[C@@H]1C(=O)N1CC2(C1)[C@@H](COc1ncccn1)CCS2(=O)=O. The highest BCUT2D eigenvalue weighted by molar-refractivity contribution is 7.93. The maximum atomic E-state index is 12.6. The summed E-state index contributed by atoms with van der Waals surface area (Å²) in [6.45, 7) is 2.94. The van der Waals surface area contributed by atoms with Gasteiger partial charge >= 0.3 is 6.01 Å². The minimum absolute atomic E-state index is 0.0962. The molecular formula is C16H21N3O4S. The smallest absolute Gasteiger partial charge is 0.316 e. The number of carbonyl (C=O) groups excluding carboxylic acids is 1. The monoisotopic (exact) mass is 351 g/mol. The second-order valence-electron chi connectivity index (χ2n) is 7.23. The fourth-order valence-electron chi connectivity index (χ4n) is 3.90. The number of sulfone groups is 1. The molecule has 130 valence electrons. The maximum absolute atomic E-state index is 12.6. The molecule has 0 N–H and O–H groups in total. The van der Waals surface area contributed by atoms with Crippen LogP contribution in [0.2, 0.25) is 0 Å². The van der Waals surface area contributed by atoms with E-state index < -0.39 is 14.6 Å². The Labute approximate surface area is 141 Å². The number of hydrogen-bond donors (Lipinski definition) is 0. The molecule has 1 saturated carbocycles. The van der Waals surface area contributed by atoms with Gasteiger partial charge in [-0.1, -0.05) is 6.92 Å². The van der Waals surface area contributed by atoms with Crippen LogP contribution in [0.15, 0.2) is 18.5 Å². The molecule has 2 saturated heterocycles. The van der Waals surface area contributed by atoms with Gasteiger partial charge in [0.05, 0.1) is 12.4 Å². The van der Waals surface area contributed by atoms with Crippen LogP contribution in [-0.2, 0) is 14.6 Å². The second kappa shape index (κ2) is 5.40. The van der Waals surface area contributed by atoms with E-state index in [0.29, 0.717) is 25.4 Å². The summed E-state index contributed by atoms with van der Waals surface area (Å²) in [5, 5.41) is 0. The number of rotatable bonds is 4. The molecule has 1 amide bonds. The predicted molar refractivity (Wildman–Crippen MR) is 86.0 cm³/mol. The second-order valence-corrected chi connectivity index (χ2v) is 9.68. The summed E-state index contributed by atoms with van der Waals surface area (Å²) in [6, 6.07) is 1.96. The Hall–Kier alpha value is -1.70. The summed E-state index contributed by atoms with van der Waals surface area (Å²) < 4.78 is 29.9. The van der Waals surface area contributed by atoms with Crippen LogP contribution >= 0.6 is 0 Å². The lowest BCUT2D eigenvalue weighted by atomic mass is 9.83. The molecule has 1 aliphatic carbocycles. The topological polar surface area (TPSA) is 89.5 Å². The summed E-state index contributed by atoms with van der Waals surface area (Å²) in [5.74, 6) is 0.689. The predicted octanol–water partition coefficient (Wildman–Crippen LogP) is 0.527. The van der Waals surface area contributed by atoms with Crippen molar-refractivity contribution in [1.82, 2.24) is 14.9 Å². The molecule has 0 bridgehead atoms. The van der Waals surface area contributed by atoms with Crippen molar-refractivity contribution in [3.8, 4) is 6.01 Å². The normalized spacial score (nSPS) is 32.4. The van der Waals surface area contributed by atoms with E-state index in [0.717, 1.165) is 6.42 Å². The van der Waals surface area contributed by atoms with E-state index in [-0.39, 0.29) is 36.1 Å². The summed E-state index contributed by atoms with van der Waals surface area (Å²) in [4.78, 5) is 22.0. The van der Waals surface area contributed by atoms with Gasteiger partial charge in [-0.05, 0) is 24.8 Å². The molecule has 3 atom stereocenters. The first kappa shape index (κ1) is 15.8. The van der Waals surface area contributed by atoms with Crippen molar-refractivity contribution in [2.45, 2.75) is 24.5 Å². The van der Waals surface area contributed by atoms with Crippen molar-refractivity contribution < 1.29 is 17.9 Å². The lowest BCUT2D eigenvalue weighted by Gasteiger charge is -2.49. The van der Waals surface area contributed by atoms with Crippen molar-refractivity contribution >= 4 is 15.7 Å². The Balaban J connectivity index is 1.44. The average Bonchev–Trinajstić information content (AvgIpc) is 3.18. The standard InChI is InChI=1S/C16H21N3O4S/c1-11-7-13(11)14(20)19-9-16(10-19)12(3-6-24(16,21)22)8-23-15-17-4-2-5-18-15/h2,4-5,11-13H,3,6-10H2,1H3/t11-,12-,13+/m1/s1. The third-order valence-electron chi connectivity index (χ3n) is 5.71. The Kier molecular flexibility index (Phi) is 3.56. The molecule has 1 aromatic heterocycles. The molecule has 3 aliphatic rings. The third-order valence-corrected chi connectivity index (χ3v) is 8.31. The molecule has 7 nitrogen and oxygen atoms in total. The van der Waals surface area contributed by atoms with E-state index in [2.05, 4.69) is 16.9 Å². The molecular weight excluding hydrogens is 330 g/mol. The van der Waals surface area contributed by atoms with Gasteiger partial charge < -0.3 is 9.64 Å². The molecule has 2 aliphatic heterocycles. The Morgan fingerprint density at radius 3 is 2.67 bits per heavy atom. The Morgan fingerprint density at radius 1 is 1.38 bits per heavy atom. The fraction of sp³-hybridized carbons (Fsp3) is 0.688. The van der Waals surface area contributed by atoms with E-state index in [1.54, 1.807) is 23.4 Å². The van der Waals surface area contributed by atoms with Gasteiger partial charge in [-0.3, -0.25) is 4.79 Å². The molecule has 3 heterocycles. The largest absolute Gasteiger partial charge is 0.463 e. The molecule has 4 rings (SSSR count). The van der Waals surface area contributed by atoms with Crippen LogP contribution in [0.4, 0.5) is 0 Å². The van der Waals surface area contributed by atoms with E-state index in [4.69, 9.17) is 4.74 Å². The quantitative estimate of drug-likeness (QED) is 0.786. The van der Waals surface area contributed by atoms with Gasteiger partial charge in [-0.15, -0.1) is 0 Å². The van der Waals surface area contributed by atoms with Crippen molar-refractivity contribution in [3.05, 3.63) is 18.5 Å². The van der Waals surface area contributed by atoms with Gasteiger partial charge in [0.25, 0.3) is 0 Å². The first-order chi connectivity index (χ1) is 11.4. The third kappa shape index (κ3) is 2.39. The van der Waals surface area contributed by atoms with Gasteiger partial charge in [0.2, 0.25) is 5.91 Å². The van der Waals surface area contributed by atoms with Gasteiger partial charge in [-0.25, -0.2) is 18.4 Å². The highest BCUT2D eigenvalue weighted by Gasteiger charge is 2.63. The van der Waals surface area contributed by atoms with Crippen LogP contribution < -0.4 is 4.74 Å². The van der Waals surface area contributed by atoms with Crippen molar-refractivity contribution in [2.24, 2.45) is 17.8 Å². The van der Waals surface area contributed by atoms with Gasteiger partial charge in [0.1, 0.15) is 4.75 Å². The summed E-state index contributed by atoms with van der Waals surface area (Å²) >= 11 is 0. The zero-order valence-corrected chi connectivity index (χ0v) is 14.4. The van der Waals surface area contributed by atoms with Crippen molar-refractivity contribution in [2.75, 3.05) is 25.4 Å². The average molecular weight is 351 g/mol. The van der Waals surface area contributed by atoms with E-state index in [1.807, 2.05) is 0 Å². The first-order valence-electron chi connectivity index (χ1n) is 8.34. The highest BCUT2D eigenvalue weighted by Crippen LogP contribution is 2.47. The van der Waals surface area contributed by atoms with Crippen LogP contribution in [0.5, 0.6) is 6.01 Å². The van der Waals surface area contributed by atoms with E-state index in [9.17, 15) is 13.2 Å². The van der Waals surface area contributed by atoms with Crippen molar-refractivity contribution in [3.63, 3.8) is 0 Å². The highest BCUT2D eigenvalue weighted by atomic mass is 32.2. The van der Waals surface area contributed by atoms with Crippen LogP contribution in [-0.4, -0.2) is 59.4 Å². The zero-order chi connectivity index (χ0) is 16.9. The number of amides is 1. The lowest BCUT2D eigenvalue weighted by molar-refractivity contribution is -0.139. The number of likely N-dealkylation sites (tertiary alicyclic amines) is 1. The van der Waals surface area contributed by atoms with Crippen LogP contribution in [0, 0.1) is 17.8 Å². The number of carbonyl (C=O) groups is 1. The van der Waals surface area contributed by atoms with Gasteiger partial charge in [0.15, 0.2) is 9.84 Å². The molecule has 1 aromatic rings. The summed E-state index contributed by atoms with van der Waals surface area (Å²) in [6.07, 6.45) is 4.66. The number of nitrogens with zero attached hydrogens (tertiary/aromatic N) is 3. The van der Waals surface area contributed by atoms with Crippen LogP contribution in [0.25, 0.3) is 0 Å². The molecule has 0 radical (unpaired) electrons. The number of ether oxygens (including phenoxy) is 1. The molecule has 8 heteroatoms. The molecule has 1 spiro atoms. The first-order valence-corrected chi connectivity index (χ1v) is 9.99. The summed E-state index contributed by atoms with van der Waals surface area (Å²) in [5.41, 5.74) is 0. The van der Waals surface area contributed by atoms with Gasteiger partial charge in [0, 0.05) is 37.3 Å². The molecule has 0 aromatic carbocycles. The minimum Gasteiger partial charge on any atom is -0.463 e. The Morgan fingerprint density at radius 2 is 2.04 bits per heavy atom.